The van der Waals surface area contributed by atoms with Crippen LogP contribution in [0.2, 0.25) is 0 Å². The number of methoxy groups -OCH3 is 1. The first-order valence-corrected chi connectivity index (χ1v) is 7.35. The van der Waals surface area contributed by atoms with Crippen molar-refractivity contribution < 1.29 is 38.8 Å². The molecule has 0 fully saturated rings. The smallest absolute Gasteiger partial charge is 0.715 e. The second-order valence-electron chi connectivity index (χ2n) is 2.38. The van der Waals surface area contributed by atoms with Crippen LogP contribution in [0.25, 0.3) is 0 Å². The maximum atomic E-state index is 5.15. The van der Waals surface area contributed by atoms with Gasteiger partial charge in [-0.05, 0) is 35.0 Å². The minimum atomic E-state index is -2.20. The summed E-state index contributed by atoms with van der Waals surface area (Å²) in [4.78, 5) is 0. The van der Waals surface area contributed by atoms with Crippen LogP contribution in [0.15, 0.2) is 24.3 Å². The molecular formula is C8H10NaO2PS2. The molecular weight excluding hydrogens is 246 g/mol. The molecule has 0 amide bonds. The van der Waals surface area contributed by atoms with E-state index in [1.165, 1.54) is 0 Å². The molecule has 1 unspecified atom stereocenters. The van der Waals surface area contributed by atoms with Crippen molar-refractivity contribution in [3.63, 3.8) is 0 Å². The molecule has 0 heterocycles. The van der Waals surface area contributed by atoms with Crippen molar-refractivity contribution in [3.8, 4) is 5.75 Å². The van der Waals surface area contributed by atoms with Crippen molar-refractivity contribution in [1.29, 1.82) is 0 Å². The summed E-state index contributed by atoms with van der Waals surface area (Å²) in [6.45, 7) is 0. The molecule has 0 spiro atoms. The largest absolute Gasteiger partial charge is 1.00 e. The molecule has 1 aromatic carbocycles. The van der Waals surface area contributed by atoms with Gasteiger partial charge in [-0.15, -0.1) is 0 Å². The van der Waals surface area contributed by atoms with E-state index < -0.39 is 5.47 Å². The molecule has 0 aromatic heterocycles. The van der Waals surface area contributed by atoms with Crippen molar-refractivity contribution >= 4 is 34.8 Å². The maximum absolute atomic E-state index is 5.15. The minimum Gasteiger partial charge on any atom is -0.715 e. The summed E-state index contributed by atoms with van der Waals surface area (Å²) in [6.07, 6.45) is 0. The Hall–Kier alpha value is 0.980. The summed E-state index contributed by atoms with van der Waals surface area (Å²) in [7, 11) is 3.17. The van der Waals surface area contributed by atoms with Gasteiger partial charge in [-0.3, -0.25) is 0 Å². The van der Waals surface area contributed by atoms with Crippen LogP contribution in [0.3, 0.4) is 0 Å². The number of rotatable bonds is 3. The zero-order chi connectivity index (χ0) is 9.90. The average Bonchev–Trinajstić information content (AvgIpc) is 2.18. The molecule has 1 atom stereocenters. The summed E-state index contributed by atoms with van der Waals surface area (Å²) in [5.74, 6) is 0.796. The molecule has 0 saturated carbocycles. The van der Waals surface area contributed by atoms with Crippen molar-refractivity contribution in [2.24, 2.45) is 0 Å². The Morgan fingerprint density at radius 1 is 1.21 bits per heavy atom. The Bertz CT molecular complexity index is 329. The van der Waals surface area contributed by atoms with Crippen molar-refractivity contribution in [2.75, 3.05) is 14.2 Å². The second-order valence-corrected chi connectivity index (χ2v) is 8.03. The van der Waals surface area contributed by atoms with E-state index in [4.69, 9.17) is 33.3 Å². The van der Waals surface area contributed by atoms with E-state index in [0.29, 0.717) is 0 Å². The van der Waals surface area contributed by atoms with Crippen LogP contribution in [0.5, 0.6) is 5.75 Å². The number of hydrogen-bond donors (Lipinski definition) is 0. The van der Waals surface area contributed by atoms with Crippen LogP contribution < -0.4 is 39.6 Å². The Morgan fingerprint density at radius 2 is 1.71 bits per heavy atom. The average molecular weight is 256 g/mol. The molecule has 0 radical (unpaired) electrons. The molecule has 1 rings (SSSR count). The van der Waals surface area contributed by atoms with E-state index in [9.17, 15) is 0 Å². The zero-order valence-corrected chi connectivity index (χ0v) is 12.9. The standard InChI is InChI=1S/C8H11O2PS2.Na/c1-9-7-3-5-8(6-4-7)11(12,13)10-2;/h3-6H,1-2H3,(H,12,13);/q;+1/p-1. The predicted molar refractivity (Wildman–Crippen MR) is 61.3 cm³/mol. The van der Waals surface area contributed by atoms with E-state index in [1.54, 1.807) is 14.2 Å². The van der Waals surface area contributed by atoms with E-state index in [-0.39, 0.29) is 29.6 Å². The van der Waals surface area contributed by atoms with Crippen LogP contribution in [0.4, 0.5) is 0 Å². The molecule has 0 aliphatic heterocycles. The first-order valence-electron chi connectivity index (χ1n) is 3.61. The topological polar surface area (TPSA) is 18.5 Å². The SMILES string of the molecule is COc1ccc(P(=S)([S-])OC)cc1.[Na+]. The maximum Gasteiger partial charge on any atom is 1.00 e. The molecule has 72 valence electrons. The van der Waals surface area contributed by atoms with Gasteiger partial charge in [-0.1, -0.05) is 11.8 Å². The molecule has 0 N–H and O–H groups in total. The van der Waals surface area contributed by atoms with E-state index in [0.717, 1.165) is 11.1 Å². The Kier molecular flexibility index (Phi) is 7.00. The van der Waals surface area contributed by atoms with Gasteiger partial charge in [0, 0.05) is 7.11 Å². The fraction of sp³-hybridized carbons (Fsp3) is 0.250. The zero-order valence-electron chi connectivity index (χ0n) is 8.39. The minimum absolute atomic E-state index is 0. The Balaban J connectivity index is 0.00000169. The van der Waals surface area contributed by atoms with Crippen LogP contribution in [0, 0.1) is 0 Å². The molecule has 0 bridgehead atoms. The first-order chi connectivity index (χ1) is 6.10. The Labute approximate surface area is 117 Å². The van der Waals surface area contributed by atoms with Gasteiger partial charge < -0.3 is 21.5 Å². The normalized spacial score (nSPS) is 13.9. The summed E-state index contributed by atoms with van der Waals surface area (Å²) in [5, 5.41) is 0.890. The van der Waals surface area contributed by atoms with Gasteiger partial charge in [-0.25, -0.2) is 0 Å². The van der Waals surface area contributed by atoms with Gasteiger partial charge in [-0.2, -0.15) is 0 Å². The van der Waals surface area contributed by atoms with Gasteiger partial charge in [0.15, 0.2) is 0 Å². The Morgan fingerprint density at radius 3 is 2.07 bits per heavy atom. The molecule has 6 heteroatoms. The monoisotopic (exact) mass is 256 g/mol. The van der Waals surface area contributed by atoms with Crippen molar-refractivity contribution in [1.82, 2.24) is 0 Å². The molecule has 1 aromatic rings. The third kappa shape index (κ3) is 3.86. The van der Waals surface area contributed by atoms with Crippen LogP contribution >= 0.6 is 5.47 Å². The summed E-state index contributed by atoms with van der Waals surface area (Å²) < 4.78 is 10.1. The van der Waals surface area contributed by atoms with Crippen LogP contribution in [-0.4, -0.2) is 14.2 Å². The van der Waals surface area contributed by atoms with Crippen LogP contribution in [0.1, 0.15) is 0 Å². The quantitative estimate of drug-likeness (QED) is 0.385. The number of benzene rings is 1. The summed E-state index contributed by atoms with van der Waals surface area (Å²) >= 11 is 10.3. The fourth-order valence-corrected chi connectivity index (χ4v) is 2.33. The van der Waals surface area contributed by atoms with Gasteiger partial charge in [0.1, 0.15) is 5.75 Å². The summed E-state index contributed by atoms with van der Waals surface area (Å²) in [5.41, 5.74) is -2.20. The third-order valence-corrected chi connectivity index (χ3v) is 5.20. The van der Waals surface area contributed by atoms with Crippen molar-refractivity contribution in [3.05, 3.63) is 24.3 Å². The van der Waals surface area contributed by atoms with E-state index >= 15 is 0 Å². The van der Waals surface area contributed by atoms with Gasteiger partial charge in [0.25, 0.3) is 0 Å². The molecule has 0 saturated heterocycles. The van der Waals surface area contributed by atoms with E-state index in [2.05, 4.69) is 0 Å². The fourth-order valence-electron chi connectivity index (χ4n) is 0.870. The predicted octanol–water partition coefficient (Wildman–Crippen LogP) is -1.17. The molecule has 2 nitrogen and oxygen atoms in total. The van der Waals surface area contributed by atoms with Gasteiger partial charge in [0.2, 0.25) is 0 Å². The summed E-state index contributed by atoms with van der Waals surface area (Å²) in [6, 6.07) is 7.38. The second kappa shape index (κ2) is 6.54. The van der Waals surface area contributed by atoms with E-state index in [1.807, 2.05) is 24.3 Å². The molecule has 0 aliphatic rings. The van der Waals surface area contributed by atoms with Crippen molar-refractivity contribution in [2.45, 2.75) is 0 Å². The first kappa shape index (κ1) is 15.0. The van der Waals surface area contributed by atoms with Gasteiger partial charge in [0.05, 0.1) is 7.11 Å². The molecule has 0 aliphatic carbocycles. The number of ether oxygens (including phenoxy) is 1. The third-order valence-electron chi connectivity index (χ3n) is 1.63. The van der Waals surface area contributed by atoms with Crippen LogP contribution in [-0.2, 0) is 28.6 Å². The number of hydrogen-bond acceptors (Lipinski definition) is 4. The molecule has 14 heavy (non-hydrogen) atoms. The van der Waals surface area contributed by atoms with Gasteiger partial charge >= 0.3 is 29.6 Å².